The third kappa shape index (κ3) is 4.85. The van der Waals surface area contributed by atoms with E-state index in [2.05, 4.69) is 20.4 Å². The van der Waals surface area contributed by atoms with Crippen molar-refractivity contribution in [3.63, 3.8) is 0 Å². The third-order valence-electron chi connectivity index (χ3n) is 5.78. The van der Waals surface area contributed by atoms with E-state index in [1.165, 1.54) is 53.2 Å². The summed E-state index contributed by atoms with van der Waals surface area (Å²) in [6.07, 6.45) is -2.70. The average Bonchev–Trinajstić information content (AvgIpc) is 3.48. The second-order valence-electron chi connectivity index (χ2n) is 8.75. The van der Waals surface area contributed by atoms with Crippen molar-refractivity contribution in [3.05, 3.63) is 94.5 Å². The molecule has 39 heavy (non-hydrogen) atoms. The summed E-state index contributed by atoms with van der Waals surface area (Å²) in [6.45, 7) is 3.58. The molecule has 3 heterocycles. The van der Waals surface area contributed by atoms with Gasteiger partial charge in [-0.3, -0.25) is 14.3 Å². The fourth-order valence-corrected chi connectivity index (χ4v) is 4.13. The molecule has 1 amide bonds. The lowest BCUT2D eigenvalue weighted by molar-refractivity contribution is -0.143. The Labute approximate surface area is 217 Å². The largest absolute Gasteiger partial charge is 0.452 e. The van der Waals surface area contributed by atoms with Crippen molar-refractivity contribution in [2.24, 2.45) is 0 Å². The number of fused-ring (bicyclic) bond motifs is 1. The van der Waals surface area contributed by atoms with Crippen LogP contribution in [0.25, 0.3) is 16.9 Å². The van der Waals surface area contributed by atoms with Gasteiger partial charge in [-0.15, -0.1) is 0 Å². The summed E-state index contributed by atoms with van der Waals surface area (Å²) >= 11 is 0. The van der Waals surface area contributed by atoms with Crippen LogP contribution in [-0.4, -0.2) is 30.2 Å². The molecule has 0 aliphatic rings. The molecule has 0 spiro atoms. The van der Waals surface area contributed by atoms with Crippen LogP contribution in [0.1, 0.15) is 35.9 Å². The molecule has 2 aromatic carbocycles. The van der Waals surface area contributed by atoms with Gasteiger partial charge >= 0.3 is 11.9 Å². The van der Waals surface area contributed by atoms with E-state index in [0.29, 0.717) is 10.2 Å². The van der Waals surface area contributed by atoms with Gasteiger partial charge in [0.15, 0.2) is 28.7 Å². The Hall–Kier alpha value is -4.94. The van der Waals surface area contributed by atoms with Crippen LogP contribution in [0, 0.1) is 5.82 Å². The molecule has 0 aliphatic carbocycles. The zero-order valence-corrected chi connectivity index (χ0v) is 20.5. The van der Waals surface area contributed by atoms with Crippen LogP contribution in [0.3, 0.4) is 0 Å². The van der Waals surface area contributed by atoms with Crippen molar-refractivity contribution in [1.29, 1.82) is 0 Å². The van der Waals surface area contributed by atoms with Crippen LogP contribution in [0.2, 0.25) is 0 Å². The van der Waals surface area contributed by atoms with E-state index >= 15 is 0 Å². The smallest absolute Gasteiger partial charge is 0.434 e. The van der Waals surface area contributed by atoms with E-state index in [0.717, 1.165) is 12.3 Å². The number of carbonyl (C=O) groups excluding carboxylic acids is 1. The number of pyridine rings is 1. The standard InChI is InChI=1S/C26H20F4N6O3/c1-14(2)35-21-20(10-11-31-23(21)34-25(35)38)39-19-9-8-15(12-18(19)27)33-24(37)17-13-32-36(22(17)26(28,29)30)16-6-4-3-5-7-16/h3-14H,1-2H3,(H,33,37)(H,31,34,38). The van der Waals surface area contributed by atoms with E-state index in [9.17, 15) is 27.2 Å². The maximum absolute atomic E-state index is 15.0. The minimum atomic E-state index is -4.90. The topological polar surface area (TPSA) is 107 Å². The fourth-order valence-electron chi connectivity index (χ4n) is 4.13. The van der Waals surface area contributed by atoms with E-state index in [1.54, 1.807) is 19.9 Å². The molecule has 0 aliphatic heterocycles. The normalized spacial score (nSPS) is 11.8. The Bertz CT molecular complexity index is 1740. The van der Waals surface area contributed by atoms with Crippen LogP contribution in [0.4, 0.5) is 23.2 Å². The van der Waals surface area contributed by atoms with Crippen molar-refractivity contribution in [2.45, 2.75) is 26.1 Å². The van der Waals surface area contributed by atoms with Crippen molar-refractivity contribution in [3.8, 4) is 17.2 Å². The summed E-state index contributed by atoms with van der Waals surface area (Å²) in [5, 5.41) is 6.03. The molecule has 3 aromatic heterocycles. The van der Waals surface area contributed by atoms with Gasteiger partial charge in [-0.2, -0.15) is 18.3 Å². The molecule has 13 heteroatoms. The Balaban J connectivity index is 1.43. The summed E-state index contributed by atoms with van der Waals surface area (Å²) < 4.78 is 64.4. The molecule has 0 unspecified atom stereocenters. The number of halogens is 4. The molecule has 9 nitrogen and oxygen atoms in total. The predicted octanol–water partition coefficient (Wildman–Crippen LogP) is 5.69. The fraction of sp³-hybridized carbons (Fsp3) is 0.154. The number of aromatic nitrogens is 5. The van der Waals surface area contributed by atoms with Crippen LogP contribution in [0.5, 0.6) is 11.5 Å². The zero-order valence-electron chi connectivity index (χ0n) is 20.5. The summed E-state index contributed by atoms with van der Waals surface area (Å²) in [7, 11) is 0. The number of carbonyl (C=O) groups is 1. The summed E-state index contributed by atoms with van der Waals surface area (Å²) in [5.74, 6) is -2.10. The lowest BCUT2D eigenvalue weighted by atomic mass is 10.2. The summed E-state index contributed by atoms with van der Waals surface area (Å²) in [5.41, 5.74) is -1.80. The van der Waals surface area contributed by atoms with Crippen molar-refractivity contribution in [2.75, 3.05) is 5.32 Å². The highest BCUT2D eigenvalue weighted by Gasteiger charge is 2.40. The quantitative estimate of drug-likeness (QED) is 0.269. The Morgan fingerprint density at radius 1 is 1.08 bits per heavy atom. The number of alkyl halides is 3. The van der Waals surface area contributed by atoms with E-state index in [4.69, 9.17) is 4.74 Å². The molecule has 5 rings (SSSR count). The lowest BCUT2D eigenvalue weighted by Crippen LogP contribution is -2.20. The number of imidazole rings is 1. The van der Waals surface area contributed by atoms with Crippen LogP contribution in [-0.2, 0) is 6.18 Å². The molecule has 2 N–H and O–H groups in total. The minimum absolute atomic E-state index is 0.106. The minimum Gasteiger partial charge on any atom is -0.452 e. The summed E-state index contributed by atoms with van der Waals surface area (Å²) in [4.78, 5) is 31.8. The second-order valence-corrected chi connectivity index (χ2v) is 8.75. The van der Waals surface area contributed by atoms with Crippen molar-refractivity contribution in [1.82, 2.24) is 24.3 Å². The van der Waals surface area contributed by atoms with Crippen LogP contribution < -0.4 is 15.7 Å². The number of nitrogens with zero attached hydrogens (tertiary/aromatic N) is 4. The van der Waals surface area contributed by atoms with Gasteiger partial charge in [-0.25, -0.2) is 18.9 Å². The number of benzene rings is 2. The van der Waals surface area contributed by atoms with Crippen molar-refractivity contribution < 1.29 is 27.1 Å². The number of amides is 1. The summed E-state index contributed by atoms with van der Waals surface area (Å²) in [6, 6.07) is 12.2. The van der Waals surface area contributed by atoms with Gasteiger partial charge in [0.2, 0.25) is 0 Å². The molecule has 0 saturated carbocycles. The van der Waals surface area contributed by atoms with E-state index in [-0.39, 0.29) is 34.6 Å². The van der Waals surface area contributed by atoms with Gasteiger partial charge in [0.25, 0.3) is 5.91 Å². The van der Waals surface area contributed by atoms with Gasteiger partial charge in [0, 0.05) is 30.1 Å². The first-order valence-corrected chi connectivity index (χ1v) is 11.6. The second kappa shape index (κ2) is 9.74. The predicted molar refractivity (Wildman–Crippen MR) is 134 cm³/mol. The Morgan fingerprint density at radius 3 is 2.49 bits per heavy atom. The van der Waals surface area contributed by atoms with Gasteiger partial charge < -0.3 is 10.1 Å². The zero-order chi connectivity index (χ0) is 27.9. The molecule has 200 valence electrons. The van der Waals surface area contributed by atoms with Crippen molar-refractivity contribution >= 4 is 22.8 Å². The maximum atomic E-state index is 15.0. The van der Waals surface area contributed by atoms with Crippen LogP contribution in [0.15, 0.2) is 71.8 Å². The lowest BCUT2D eigenvalue weighted by Gasteiger charge is -2.14. The molecule has 0 saturated heterocycles. The Kier molecular flexibility index (Phi) is 6.42. The number of H-pyrrole nitrogens is 1. The monoisotopic (exact) mass is 540 g/mol. The maximum Gasteiger partial charge on any atom is 0.434 e. The molecule has 0 bridgehead atoms. The van der Waals surface area contributed by atoms with E-state index in [1.807, 2.05) is 0 Å². The number of nitrogens with one attached hydrogen (secondary N) is 2. The molecular formula is C26H20F4N6O3. The highest BCUT2D eigenvalue weighted by Crippen LogP contribution is 2.35. The molecule has 5 aromatic rings. The van der Waals surface area contributed by atoms with Gasteiger partial charge in [0.1, 0.15) is 5.52 Å². The molecular weight excluding hydrogens is 520 g/mol. The average molecular weight is 540 g/mol. The number of aromatic amines is 1. The van der Waals surface area contributed by atoms with Gasteiger partial charge in [-0.05, 0) is 38.1 Å². The number of hydrogen-bond acceptors (Lipinski definition) is 5. The number of rotatable bonds is 6. The first-order valence-electron chi connectivity index (χ1n) is 11.6. The SMILES string of the molecule is CC(C)n1c(=O)[nH]c2nccc(Oc3ccc(NC(=O)c4cnn(-c5ccccc5)c4C(F)(F)F)cc3F)c21. The third-order valence-corrected chi connectivity index (χ3v) is 5.78. The number of para-hydroxylation sites is 1. The molecule has 0 radical (unpaired) electrons. The van der Waals surface area contributed by atoms with Crippen LogP contribution >= 0.6 is 0 Å². The molecule has 0 fully saturated rings. The van der Waals surface area contributed by atoms with Gasteiger partial charge in [-0.1, -0.05) is 18.2 Å². The first-order chi connectivity index (χ1) is 18.5. The number of anilines is 1. The Morgan fingerprint density at radius 2 is 1.82 bits per heavy atom. The number of hydrogen-bond donors (Lipinski definition) is 2. The highest BCUT2D eigenvalue weighted by atomic mass is 19.4. The van der Waals surface area contributed by atoms with E-state index < -0.39 is 34.8 Å². The van der Waals surface area contributed by atoms with Gasteiger partial charge in [0.05, 0.1) is 17.4 Å². The highest BCUT2D eigenvalue weighted by molar-refractivity contribution is 6.05. The molecule has 0 atom stereocenters. The number of ether oxygens (including phenoxy) is 1. The first kappa shape index (κ1) is 25.7.